The van der Waals surface area contributed by atoms with Gasteiger partial charge in [-0.15, -0.1) is 0 Å². The molecule has 2 aromatic rings. The van der Waals surface area contributed by atoms with Crippen LogP contribution in [-0.2, 0) is 10.2 Å². The Balaban J connectivity index is 2.09. The number of hydrogen-bond donors (Lipinski definition) is 1. The van der Waals surface area contributed by atoms with E-state index in [4.69, 9.17) is 4.52 Å². The van der Waals surface area contributed by atoms with Gasteiger partial charge in [0.1, 0.15) is 12.3 Å². The summed E-state index contributed by atoms with van der Waals surface area (Å²) < 4.78 is 4.96. The predicted molar refractivity (Wildman–Crippen MR) is 110 cm³/mol. The van der Waals surface area contributed by atoms with Crippen molar-refractivity contribution in [2.75, 3.05) is 18.4 Å². The van der Waals surface area contributed by atoms with E-state index in [-0.39, 0.29) is 23.8 Å². The average molecular weight is 386 g/mol. The summed E-state index contributed by atoms with van der Waals surface area (Å²) in [6, 6.07) is 9.29. The summed E-state index contributed by atoms with van der Waals surface area (Å²) in [5.41, 5.74) is 1.79. The van der Waals surface area contributed by atoms with Crippen LogP contribution in [0, 0.1) is 6.92 Å². The average Bonchev–Trinajstić information content (AvgIpc) is 3.04. The lowest BCUT2D eigenvalue weighted by Crippen LogP contribution is -2.38. The fourth-order valence-electron chi connectivity index (χ4n) is 2.88. The van der Waals surface area contributed by atoms with E-state index in [1.165, 1.54) is 5.56 Å². The van der Waals surface area contributed by atoms with Gasteiger partial charge in [-0.2, -0.15) is 0 Å². The van der Waals surface area contributed by atoms with Crippen LogP contribution >= 0.6 is 0 Å². The van der Waals surface area contributed by atoms with Gasteiger partial charge >= 0.3 is 0 Å². The summed E-state index contributed by atoms with van der Waals surface area (Å²) in [6.07, 6.45) is 2.92. The van der Waals surface area contributed by atoms with Crippen LogP contribution in [0.15, 0.2) is 34.9 Å². The van der Waals surface area contributed by atoms with Crippen molar-refractivity contribution < 1.29 is 14.1 Å². The Bertz CT molecular complexity index is 788. The summed E-state index contributed by atoms with van der Waals surface area (Å²) in [4.78, 5) is 27.0. The number of nitrogens with zero attached hydrogens (tertiary/aromatic N) is 2. The van der Waals surface area contributed by atoms with Crippen LogP contribution in [0.5, 0.6) is 0 Å². The molecule has 1 aromatic heterocycles. The molecule has 1 heterocycles. The third-order valence-electron chi connectivity index (χ3n) is 4.55. The van der Waals surface area contributed by atoms with Gasteiger partial charge in [-0.25, -0.2) is 0 Å². The number of nitrogens with one attached hydrogen (secondary N) is 1. The molecule has 0 saturated carbocycles. The van der Waals surface area contributed by atoms with E-state index in [0.717, 1.165) is 19.3 Å². The Morgan fingerprint density at radius 2 is 1.82 bits per heavy atom. The molecule has 1 aromatic carbocycles. The number of rotatable bonds is 8. The van der Waals surface area contributed by atoms with Crippen LogP contribution in [-0.4, -0.2) is 35.0 Å². The quantitative estimate of drug-likeness (QED) is 0.676. The lowest BCUT2D eigenvalue weighted by atomic mass is 9.86. The molecule has 0 spiro atoms. The first-order valence-electron chi connectivity index (χ1n) is 9.83. The van der Waals surface area contributed by atoms with Crippen molar-refractivity contribution in [3.8, 4) is 0 Å². The summed E-state index contributed by atoms with van der Waals surface area (Å²) in [6.45, 7) is 10.8. The number of carbonyl (C=O) groups excluding carboxylic acids is 2. The molecule has 0 aliphatic heterocycles. The molecular formula is C22H31N3O3. The molecule has 0 unspecified atom stereocenters. The Morgan fingerprint density at radius 1 is 1.14 bits per heavy atom. The van der Waals surface area contributed by atoms with Crippen LogP contribution in [0.25, 0.3) is 0 Å². The predicted octanol–water partition coefficient (Wildman–Crippen LogP) is 4.55. The molecule has 6 nitrogen and oxygen atoms in total. The van der Waals surface area contributed by atoms with Gasteiger partial charge in [0, 0.05) is 18.2 Å². The summed E-state index contributed by atoms with van der Waals surface area (Å²) in [5, 5.41) is 6.45. The van der Waals surface area contributed by atoms with Crippen LogP contribution in [0.1, 0.15) is 68.6 Å². The summed E-state index contributed by atoms with van der Waals surface area (Å²) in [7, 11) is 0. The normalized spacial score (nSPS) is 11.3. The van der Waals surface area contributed by atoms with E-state index >= 15 is 0 Å². The van der Waals surface area contributed by atoms with Gasteiger partial charge in [0.25, 0.3) is 5.91 Å². The van der Waals surface area contributed by atoms with Gasteiger partial charge in [-0.3, -0.25) is 9.59 Å². The van der Waals surface area contributed by atoms with E-state index in [0.29, 0.717) is 23.7 Å². The van der Waals surface area contributed by atoms with Crippen molar-refractivity contribution in [2.45, 2.75) is 59.3 Å². The lowest BCUT2D eigenvalue weighted by Gasteiger charge is -2.23. The molecule has 152 valence electrons. The molecule has 28 heavy (non-hydrogen) atoms. The Kier molecular flexibility index (Phi) is 7.38. The molecule has 0 fully saturated rings. The first kappa shape index (κ1) is 21.7. The molecule has 0 bridgehead atoms. The van der Waals surface area contributed by atoms with Gasteiger partial charge in [-0.1, -0.05) is 57.8 Å². The van der Waals surface area contributed by atoms with Crippen molar-refractivity contribution in [2.24, 2.45) is 0 Å². The Morgan fingerprint density at radius 3 is 2.36 bits per heavy atom. The van der Waals surface area contributed by atoms with E-state index in [1.807, 2.05) is 24.3 Å². The number of unbranched alkanes of at least 4 members (excludes halogenated alkanes) is 2. The number of amides is 2. The molecule has 0 aliphatic rings. The lowest BCUT2D eigenvalue weighted by molar-refractivity contribution is -0.117. The van der Waals surface area contributed by atoms with Gasteiger partial charge in [0.15, 0.2) is 5.82 Å². The molecule has 0 saturated heterocycles. The van der Waals surface area contributed by atoms with Crippen LogP contribution in [0.2, 0.25) is 0 Å². The van der Waals surface area contributed by atoms with Gasteiger partial charge in [0.05, 0.1) is 0 Å². The third kappa shape index (κ3) is 6.22. The van der Waals surface area contributed by atoms with Crippen molar-refractivity contribution in [3.63, 3.8) is 0 Å². The molecular weight excluding hydrogens is 354 g/mol. The van der Waals surface area contributed by atoms with E-state index in [1.54, 1.807) is 17.9 Å². The highest BCUT2D eigenvalue weighted by molar-refractivity contribution is 5.99. The topological polar surface area (TPSA) is 75.4 Å². The zero-order valence-electron chi connectivity index (χ0n) is 17.5. The maximum absolute atomic E-state index is 13.0. The number of carbonyl (C=O) groups is 2. The van der Waals surface area contributed by atoms with Crippen LogP contribution in [0.4, 0.5) is 5.82 Å². The molecule has 1 N–H and O–H groups in total. The largest absolute Gasteiger partial charge is 0.360 e. The smallest absolute Gasteiger partial charge is 0.254 e. The molecule has 6 heteroatoms. The van der Waals surface area contributed by atoms with Crippen LogP contribution in [0.3, 0.4) is 0 Å². The second-order valence-electron chi connectivity index (χ2n) is 8.13. The summed E-state index contributed by atoms with van der Waals surface area (Å²) in [5.74, 6) is 0.551. The maximum atomic E-state index is 13.0. The third-order valence-corrected chi connectivity index (χ3v) is 4.55. The number of benzene rings is 1. The monoisotopic (exact) mass is 385 g/mol. The highest BCUT2D eigenvalue weighted by atomic mass is 16.5. The molecule has 0 aliphatic carbocycles. The van der Waals surface area contributed by atoms with Gasteiger partial charge < -0.3 is 14.7 Å². The molecule has 2 rings (SSSR count). The number of aryl methyl sites for hydroxylation is 1. The van der Waals surface area contributed by atoms with E-state index < -0.39 is 0 Å². The fourth-order valence-corrected chi connectivity index (χ4v) is 2.88. The van der Waals surface area contributed by atoms with E-state index in [9.17, 15) is 9.59 Å². The first-order chi connectivity index (χ1) is 13.2. The SMILES string of the molecule is CCCCCN(CC(=O)Nc1cc(C)on1)C(=O)c1ccc(C(C)(C)C)cc1. The first-order valence-corrected chi connectivity index (χ1v) is 9.83. The fraction of sp³-hybridized carbons (Fsp3) is 0.500. The minimum Gasteiger partial charge on any atom is -0.360 e. The minimum atomic E-state index is -0.288. The van der Waals surface area contributed by atoms with Crippen LogP contribution < -0.4 is 5.32 Å². The second-order valence-corrected chi connectivity index (χ2v) is 8.13. The van der Waals surface area contributed by atoms with Crippen molar-refractivity contribution in [1.29, 1.82) is 0 Å². The van der Waals surface area contributed by atoms with Gasteiger partial charge in [-0.05, 0) is 36.5 Å². The van der Waals surface area contributed by atoms with Crippen molar-refractivity contribution >= 4 is 17.6 Å². The molecule has 0 atom stereocenters. The standard InChI is InChI=1S/C22H31N3O3/c1-6-7-8-13-25(15-20(26)23-19-14-16(2)28-24-19)21(27)17-9-11-18(12-10-17)22(3,4)5/h9-12,14H,6-8,13,15H2,1-5H3,(H,23,24,26). The zero-order valence-corrected chi connectivity index (χ0v) is 17.5. The highest BCUT2D eigenvalue weighted by Crippen LogP contribution is 2.22. The van der Waals surface area contributed by atoms with Crippen molar-refractivity contribution in [3.05, 3.63) is 47.2 Å². The molecule has 2 amide bonds. The Labute approximate surface area is 167 Å². The number of anilines is 1. The zero-order chi connectivity index (χ0) is 20.7. The highest BCUT2D eigenvalue weighted by Gasteiger charge is 2.20. The van der Waals surface area contributed by atoms with Gasteiger partial charge in [0.2, 0.25) is 5.91 Å². The maximum Gasteiger partial charge on any atom is 0.254 e. The van der Waals surface area contributed by atoms with Crippen molar-refractivity contribution in [1.82, 2.24) is 10.1 Å². The number of aromatic nitrogens is 1. The molecule has 0 radical (unpaired) electrons. The van der Waals surface area contributed by atoms with E-state index in [2.05, 4.69) is 38.2 Å². The Hall–Kier alpha value is -2.63. The summed E-state index contributed by atoms with van der Waals surface area (Å²) >= 11 is 0. The number of hydrogen-bond acceptors (Lipinski definition) is 4. The minimum absolute atomic E-state index is 0.0184. The second kappa shape index (κ2) is 9.53.